The molecule has 0 spiro atoms. The summed E-state index contributed by atoms with van der Waals surface area (Å²) in [7, 11) is 2.12. The van der Waals surface area contributed by atoms with Gasteiger partial charge in [-0.25, -0.2) is 9.97 Å². The molecular weight excluding hydrogens is 440 g/mol. The molecule has 0 saturated carbocycles. The van der Waals surface area contributed by atoms with Gasteiger partial charge in [0.15, 0.2) is 5.82 Å². The van der Waals surface area contributed by atoms with E-state index in [0.29, 0.717) is 18.2 Å². The number of carbonyl (C=O) groups excluding carboxylic acids is 1. The number of hydrogen-bond acceptors (Lipinski definition) is 7. The average molecular weight is 467 g/mol. The maximum absolute atomic E-state index is 13.1. The first-order chi connectivity index (χ1) is 17.1. The number of anilines is 2. The minimum atomic E-state index is 0.0766. The van der Waals surface area contributed by atoms with Crippen molar-refractivity contribution in [2.45, 2.75) is 0 Å². The minimum Gasteiger partial charge on any atom is -0.340 e. The monoisotopic (exact) mass is 466 g/mol. The molecule has 0 radical (unpaired) electrons. The zero-order valence-electron chi connectivity index (χ0n) is 19.5. The smallest absolute Gasteiger partial charge is 0.245 e. The van der Waals surface area contributed by atoms with E-state index in [9.17, 15) is 4.79 Å². The lowest BCUT2D eigenvalue weighted by Crippen LogP contribution is -2.46. The molecule has 9 nitrogen and oxygen atoms in total. The van der Waals surface area contributed by atoms with Gasteiger partial charge in [0.1, 0.15) is 5.82 Å². The molecule has 0 amide bonds. The Morgan fingerprint density at radius 2 is 1.91 bits per heavy atom. The molecule has 4 heterocycles. The van der Waals surface area contributed by atoms with Crippen molar-refractivity contribution < 1.29 is 4.79 Å². The third-order valence-corrected chi connectivity index (χ3v) is 6.54. The van der Waals surface area contributed by atoms with Crippen LogP contribution >= 0.6 is 0 Å². The standard InChI is InChI=1S/C26H26N8O/c1-32-10-12-33(13-11-32)17-25(35)34-9-7-18-2-3-19(15-23(18)34)26-27-8-6-24(30-26)29-21-4-5-22-20(14-21)16-28-31-22/h2-9,14-16H,10-13,17H2,1H3,(H,28,31)(H,27,29,30). The van der Waals surface area contributed by atoms with Crippen LogP contribution in [0, 0.1) is 0 Å². The zero-order chi connectivity index (χ0) is 23.8. The van der Waals surface area contributed by atoms with E-state index in [0.717, 1.165) is 59.2 Å². The van der Waals surface area contributed by atoms with Gasteiger partial charge in [-0.15, -0.1) is 0 Å². The van der Waals surface area contributed by atoms with E-state index >= 15 is 0 Å². The number of nitrogens with zero attached hydrogens (tertiary/aromatic N) is 6. The Kier molecular flexibility index (Phi) is 5.48. The summed E-state index contributed by atoms with van der Waals surface area (Å²) < 4.78 is 1.75. The first kappa shape index (κ1) is 21.5. The zero-order valence-corrected chi connectivity index (χ0v) is 19.5. The molecule has 1 fully saturated rings. The first-order valence-electron chi connectivity index (χ1n) is 11.7. The first-order valence-corrected chi connectivity index (χ1v) is 11.7. The second-order valence-corrected chi connectivity index (χ2v) is 9.00. The number of aromatic amines is 1. The lowest BCUT2D eigenvalue weighted by atomic mass is 10.1. The number of benzene rings is 2. The van der Waals surface area contributed by atoms with Crippen LogP contribution in [-0.4, -0.2) is 80.2 Å². The molecule has 9 heteroatoms. The van der Waals surface area contributed by atoms with Crippen LogP contribution in [0.5, 0.6) is 0 Å². The van der Waals surface area contributed by atoms with Gasteiger partial charge in [-0.05, 0) is 43.4 Å². The Hall–Kier alpha value is -4.08. The highest BCUT2D eigenvalue weighted by Gasteiger charge is 2.18. The highest BCUT2D eigenvalue weighted by molar-refractivity contribution is 5.95. The van der Waals surface area contributed by atoms with Gasteiger partial charge in [-0.2, -0.15) is 5.10 Å². The summed E-state index contributed by atoms with van der Waals surface area (Å²) in [4.78, 5) is 26.8. The molecule has 0 bridgehead atoms. The quantitative estimate of drug-likeness (QED) is 0.409. The molecule has 2 N–H and O–H groups in total. The molecule has 1 saturated heterocycles. The number of rotatable bonds is 5. The summed E-state index contributed by atoms with van der Waals surface area (Å²) in [5.41, 5.74) is 3.63. The van der Waals surface area contributed by atoms with E-state index in [2.05, 4.69) is 37.3 Å². The number of aromatic nitrogens is 5. The van der Waals surface area contributed by atoms with Crippen LogP contribution in [0.3, 0.4) is 0 Å². The molecule has 1 aliphatic rings. The molecule has 176 valence electrons. The van der Waals surface area contributed by atoms with E-state index in [1.165, 1.54) is 0 Å². The molecule has 0 aliphatic carbocycles. The summed E-state index contributed by atoms with van der Waals surface area (Å²) in [6.07, 6.45) is 5.39. The van der Waals surface area contributed by atoms with Crippen molar-refractivity contribution in [3.05, 3.63) is 67.1 Å². The Morgan fingerprint density at radius 3 is 2.80 bits per heavy atom. The van der Waals surface area contributed by atoms with Crippen LogP contribution in [0.2, 0.25) is 0 Å². The fraction of sp³-hybridized carbons (Fsp3) is 0.231. The van der Waals surface area contributed by atoms with Gasteiger partial charge in [0.2, 0.25) is 5.91 Å². The van der Waals surface area contributed by atoms with Crippen molar-refractivity contribution >= 4 is 39.2 Å². The number of carbonyl (C=O) groups is 1. The number of hydrogen-bond donors (Lipinski definition) is 2. The highest BCUT2D eigenvalue weighted by Crippen LogP contribution is 2.25. The number of H-pyrrole nitrogens is 1. The van der Waals surface area contributed by atoms with E-state index in [1.807, 2.05) is 54.7 Å². The van der Waals surface area contributed by atoms with Gasteiger partial charge < -0.3 is 10.2 Å². The van der Waals surface area contributed by atoms with Crippen molar-refractivity contribution in [3.63, 3.8) is 0 Å². The summed E-state index contributed by atoms with van der Waals surface area (Å²) in [6, 6.07) is 15.8. The second-order valence-electron chi connectivity index (χ2n) is 9.00. The maximum atomic E-state index is 13.1. The predicted octanol–water partition coefficient (Wildman–Crippen LogP) is 3.61. The topological polar surface area (TPSA) is 95.0 Å². The fourth-order valence-electron chi connectivity index (χ4n) is 4.49. The predicted molar refractivity (Wildman–Crippen MR) is 137 cm³/mol. The third-order valence-electron chi connectivity index (χ3n) is 6.54. The molecule has 35 heavy (non-hydrogen) atoms. The highest BCUT2D eigenvalue weighted by atomic mass is 16.2. The summed E-state index contributed by atoms with van der Waals surface area (Å²) in [6.45, 7) is 4.21. The van der Waals surface area contributed by atoms with Gasteiger partial charge >= 0.3 is 0 Å². The lowest BCUT2D eigenvalue weighted by Gasteiger charge is -2.31. The van der Waals surface area contributed by atoms with Crippen molar-refractivity contribution in [2.24, 2.45) is 0 Å². The maximum Gasteiger partial charge on any atom is 0.245 e. The van der Waals surface area contributed by atoms with E-state index < -0.39 is 0 Å². The van der Waals surface area contributed by atoms with Crippen molar-refractivity contribution in [3.8, 4) is 11.4 Å². The van der Waals surface area contributed by atoms with Crippen LogP contribution in [0.4, 0.5) is 11.5 Å². The van der Waals surface area contributed by atoms with Crippen LogP contribution in [0.25, 0.3) is 33.2 Å². The Labute approximate surface area is 202 Å². The Bertz CT molecular complexity index is 1510. The molecule has 1 aliphatic heterocycles. The largest absolute Gasteiger partial charge is 0.340 e. The molecule has 6 rings (SSSR count). The minimum absolute atomic E-state index is 0.0766. The Balaban J connectivity index is 1.25. The normalized spacial score (nSPS) is 15.1. The molecule has 2 aromatic carbocycles. The number of likely N-dealkylation sites (N-methyl/N-ethyl adjacent to an activating group) is 1. The van der Waals surface area contributed by atoms with E-state index in [1.54, 1.807) is 17.0 Å². The number of fused-ring (bicyclic) bond motifs is 2. The number of nitrogens with one attached hydrogen (secondary N) is 2. The summed E-state index contributed by atoms with van der Waals surface area (Å²) >= 11 is 0. The van der Waals surface area contributed by atoms with E-state index in [-0.39, 0.29) is 5.91 Å². The van der Waals surface area contributed by atoms with Crippen molar-refractivity contribution in [1.82, 2.24) is 34.5 Å². The van der Waals surface area contributed by atoms with Crippen LogP contribution in [0.15, 0.2) is 67.1 Å². The van der Waals surface area contributed by atoms with E-state index in [4.69, 9.17) is 4.98 Å². The average Bonchev–Trinajstić information content (AvgIpc) is 3.52. The van der Waals surface area contributed by atoms with Gasteiger partial charge in [-0.1, -0.05) is 12.1 Å². The third kappa shape index (κ3) is 4.39. The summed E-state index contributed by atoms with van der Waals surface area (Å²) in [5, 5.41) is 12.4. The Morgan fingerprint density at radius 1 is 1.03 bits per heavy atom. The van der Waals surface area contributed by atoms with Gasteiger partial charge in [-0.3, -0.25) is 19.4 Å². The summed E-state index contributed by atoms with van der Waals surface area (Å²) in [5.74, 6) is 1.37. The second kappa shape index (κ2) is 8.94. The van der Waals surface area contributed by atoms with Crippen molar-refractivity contribution in [1.29, 1.82) is 0 Å². The van der Waals surface area contributed by atoms with Gasteiger partial charge in [0.25, 0.3) is 0 Å². The molecule has 0 atom stereocenters. The number of piperazine rings is 1. The molecule has 3 aromatic heterocycles. The molecule has 5 aromatic rings. The molecular formula is C26H26N8O. The van der Waals surface area contributed by atoms with Gasteiger partial charge in [0.05, 0.1) is 23.8 Å². The van der Waals surface area contributed by atoms with Crippen LogP contribution in [-0.2, 0) is 0 Å². The SMILES string of the molecule is CN1CCN(CC(=O)n2ccc3ccc(-c4nccc(Nc5ccc6[nH]ncc6c5)n4)cc32)CC1. The fourth-order valence-corrected chi connectivity index (χ4v) is 4.49. The van der Waals surface area contributed by atoms with Crippen molar-refractivity contribution in [2.75, 3.05) is 45.1 Å². The molecule has 0 unspecified atom stereocenters. The lowest BCUT2D eigenvalue weighted by molar-refractivity contribution is 0.0801. The van der Waals surface area contributed by atoms with Crippen LogP contribution in [0.1, 0.15) is 4.79 Å². The van der Waals surface area contributed by atoms with Crippen LogP contribution < -0.4 is 5.32 Å². The van der Waals surface area contributed by atoms with Gasteiger partial charge in [0, 0.05) is 60.6 Å².